The number of nitrogens with zero attached hydrogens (tertiary/aromatic N) is 4. The Balaban J connectivity index is 1.97. The van der Waals surface area contributed by atoms with Crippen molar-refractivity contribution >= 4 is 29.4 Å². The number of carbonyl (C=O) groups is 2. The zero-order valence-corrected chi connectivity index (χ0v) is 17.8. The smallest absolute Gasteiger partial charge is 0.269 e. The molecule has 1 unspecified atom stereocenters. The van der Waals surface area contributed by atoms with Crippen molar-refractivity contribution in [1.82, 2.24) is 5.01 Å². The Bertz CT molecular complexity index is 1140. The Morgan fingerprint density at radius 1 is 1.03 bits per heavy atom. The zero-order valence-electron chi connectivity index (χ0n) is 17.8. The van der Waals surface area contributed by atoms with Gasteiger partial charge in [-0.1, -0.05) is 29.8 Å². The lowest BCUT2D eigenvalue weighted by Crippen LogP contribution is -2.58. The van der Waals surface area contributed by atoms with Gasteiger partial charge in [-0.2, -0.15) is 15.2 Å². The molecule has 0 saturated heterocycles. The number of rotatable bonds is 2. The minimum atomic E-state index is -1.42. The molecule has 2 heterocycles. The first-order valence-corrected chi connectivity index (χ1v) is 9.87. The van der Waals surface area contributed by atoms with Crippen molar-refractivity contribution < 1.29 is 9.59 Å². The molecular formula is C24H24N4O2. The molecule has 152 valence electrons. The number of carbonyl (C=O) groups excluding carboxylic acids is 2. The quantitative estimate of drug-likeness (QED) is 0.714. The first kappa shape index (κ1) is 19.8. The third-order valence-electron chi connectivity index (χ3n) is 5.58. The van der Waals surface area contributed by atoms with Crippen molar-refractivity contribution in [1.29, 1.82) is 0 Å². The van der Waals surface area contributed by atoms with E-state index in [-0.39, 0.29) is 11.8 Å². The molecule has 0 aromatic heterocycles. The Hall–Kier alpha value is -3.54. The van der Waals surface area contributed by atoms with Crippen LogP contribution < -0.4 is 5.01 Å². The Morgan fingerprint density at radius 2 is 1.70 bits per heavy atom. The van der Waals surface area contributed by atoms with Crippen LogP contribution in [0.25, 0.3) is 0 Å². The topological polar surface area (TPSA) is 65.3 Å². The summed E-state index contributed by atoms with van der Waals surface area (Å²) in [4.78, 5) is 27.2. The molecule has 6 nitrogen and oxygen atoms in total. The Morgan fingerprint density at radius 3 is 2.37 bits per heavy atom. The molecule has 1 atom stereocenters. The largest absolute Gasteiger partial charge is 0.286 e. The first-order valence-electron chi connectivity index (χ1n) is 9.87. The van der Waals surface area contributed by atoms with Crippen LogP contribution in [0.15, 0.2) is 64.3 Å². The lowest BCUT2D eigenvalue weighted by molar-refractivity contribution is -0.139. The summed E-state index contributed by atoms with van der Waals surface area (Å²) in [6, 6.07) is 13.2. The van der Waals surface area contributed by atoms with Crippen LogP contribution >= 0.6 is 0 Å². The lowest BCUT2D eigenvalue weighted by atomic mass is 9.79. The van der Waals surface area contributed by atoms with Gasteiger partial charge in [-0.25, -0.2) is 5.01 Å². The number of allylic oxidation sites excluding steroid dienone is 1. The van der Waals surface area contributed by atoms with E-state index < -0.39 is 5.54 Å². The average molecular weight is 400 g/mol. The van der Waals surface area contributed by atoms with Crippen LogP contribution in [0.2, 0.25) is 0 Å². The summed E-state index contributed by atoms with van der Waals surface area (Å²) in [6.07, 6.45) is 3.15. The van der Waals surface area contributed by atoms with E-state index in [2.05, 4.69) is 10.2 Å². The van der Waals surface area contributed by atoms with E-state index in [0.29, 0.717) is 11.4 Å². The van der Waals surface area contributed by atoms with Gasteiger partial charge >= 0.3 is 0 Å². The van der Waals surface area contributed by atoms with Crippen LogP contribution in [-0.2, 0) is 15.1 Å². The maximum Gasteiger partial charge on any atom is 0.286 e. The number of hydrogen-bond donors (Lipinski definition) is 0. The normalized spacial score (nSPS) is 19.8. The monoisotopic (exact) mass is 400 g/mol. The van der Waals surface area contributed by atoms with E-state index >= 15 is 0 Å². The molecule has 0 fully saturated rings. The second kappa shape index (κ2) is 7.06. The fourth-order valence-electron chi connectivity index (χ4n) is 3.98. The molecule has 0 N–H and O–H groups in total. The van der Waals surface area contributed by atoms with Crippen LogP contribution in [0.5, 0.6) is 0 Å². The van der Waals surface area contributed by atoms with E-state index in [1.807, 2.05) is 70.2 Å². The van der Waals surface area contributed by atoms with E-state index in [4.69, 9.17) is 0 Å². The van der Waals surface area contributed by atoms with Crippen molar-refractivity contribution in [3.05, 3.63) is 76.4 Å². The van der Waals surface area contributed by atoms with Crippen molar-refractivity contribution in [3.63, 3.8) is 0 Å². The van der Waals surface area contributed by atoms with E-state index in [9.17, 15) is 9.59 Å². The van der Waals surface area contributed by atoms with E-state index in [1.54, 1.807) is 13.1 Å². The minimum absolute atomic E-state index is 0.317. The van der Waals surface area contributed by atoms with Crippen LogP contribution in [-0.4, -0.2) is 28.7 Å². The summed E-state index contributed by atoms with van der Waals surface area (Å²) in [5.74, 6) is -0.670. The van der Waals surface area contributed by atoms with E-state index in [1.165, 1.54) is 16.1 Å². The molecule has 6 heteroatoms. The van der Waals surface area contributed by atoms with Gasteiger partial charge in [0.05, 0.1) is 17.6 Å². The number of para-hydroxylation sites is 1. The number of hydrazone groups is 2. The predicted octanol–water partition coefficient (Wildman–Crippen LogP) is 4.06. The Kier molecular flexibility index (Phi) is 4.65. The van der Waals surface area contributed by atoms with Crippen molar-refractivity contribution in [2.75, 3.05) is 5.01 Å². The third-order valence-corrected chi connectivity index (χ3v) is 5.58. The second-order valence-corrected chi connectivity index (χ2v) is 7.99. The number of fused-ring (bicyclic) bond motifs is 2. The summed E-state index contributed by atoms with van der Waals surface area (Å²) in [6.45, 7) is 9.48. The molecule has 0 radical (unpaired) electrons. The lowest BCUT2D eigenvalue weighted by Gasteiger charge is -2.39. The van der Waals surface area contributed by atoms with Crippen LogP contribution in [0.1, 0.15) is 43.0 Å². The highest BCUT2D eigenvalue weighted by Gasteiger charge is 2.59. The molecule has 2 amide bonds. The number of aryl methyl sites for hydroxylation is 2. The SMILES string of the molecule is CC(C)=CC(=O)N1N=Cc2cc(C)c(C)cc2C12C(=O)N(c1ccccc1)N=C2C. The minimum Gasteiger partial charge on any atom is -0.269 e. The summed E-state index contributed by atoms with van der Waals surface area (Å²) >= 11 is 0. The van der Waals surface area contributed by atoms with Gasteiger partial charge < -0.3 is 0 Å². The van der Waals surface area contributed by atoms with Crippen molar-refractivity contribution in [2.45, 2.75) is 40.2 Å². The number of benzene rings is 2. The molecule has 2 aliphatic rings. The highest BCUT2D eigenvalue weighted by Crippen LogP contribution is 2.43. The zero-order chi connectivity index (χ0) is 21.6. The third kappa shape index (κ3) is 2.79. The number of anilines is 1. The highest BCUT2D eigenvalue weighted by atomic mass is 16.2. The van der Waals surface area contributed by atoms with Gasteiger partial charge in [-0.3, -0.25) is 9.59 Å². The molecule has 0 bridgehead atoms. The molecule has 0 saturated carbocycles. The number of amides is 2. The van der Waals surface area contributed by atoms with Gasteiger partial charge in [0, 0.05) is 17.2 Å². The summed E-state index contributed by atoms with van der Waals surface area (Å²) in [7, 11) is 0. The molecule has 4 rings (SSSR count). The highest BCUT2D eigenvalue weighted by molar-refractivity contribution is 6.25. The Labute approximate surface area is 176 Å². The van der Waals surface area contributed by atoms with Gasteiger partial charge in [-0.15, -0.1) is 0 Å². The molecule has 2 aromatic rings. The van der Waals surface area contributed by atoms with Crippen molar-refractivity contribution in [3.8, 4) is 0 Å². The maximum absolute atomic E-state index is 14.0. The van der Waals surface area contributed by atoms with Crippen molar-refractivity contribution in [2.24, 2.45) is 10.2 Å². The van der Waals surface area contributed by atoms with Gasteiger partial charge in [-0.05, 0) is 63.9 Å². The molecule has 2 aromatic carbocycles. The summed E-state index contributed by atoms with van der Waals surface area (Å²) in [5.41, 5.74) is 4.24. The summed E-state index contributed by atoms with van der Waals surface area (Å²) < 4.78 is 0. The second-order valence-electron chi connectivity index (χ2n) is 7.99. The van der Waals surface area contributed by atoms with Crippen LogP contribution in [0.4, 0.5) is 5.69 Å². The molecular weight excluding hydrogens is 376 g/mol. The van der Waals surface area contributed by atoms with Gasteiger partial charge in [0.1, 0.15) is 0 Å². The maximum atomic E-state index is 14.0. The van der Waals surface area contributed by atoms with Gasteiger partial charge in [0.2, 0.25) is 5.54 Å². The molecule has 0 aliphatic carbocycles. The molecule has 30 heavy (non-hydrogen) atoms. The van der Waals surface area contributed by atoms with Crippen LogP contribution in [0, 0.1) is 13.8 Å². The summed E-state index contributed by atoms with van der Waals surface area (Å²) in [5, 5.41) is 11.7. The predicted molar refractivity (Wildman–Crippen MR) is 119 cm³/mol. The number of hydrogen-bond acceptors (Lipinski definition) is 4. The first-order chi connectivity index (χ1) is 14.3. The average Bonchev–Trinajstić information content (AvgIpc) is 2.96. The fourth-order valence-corrected chi connectivity index (χ4v) is 3.98. The van der Waals surface area contributed by atoms with E-state index in [0.717, 1.165) is 27.8 Å². The standard InChI is InChI=1S/C24H24N4O2/c1-15(2)11-22(29)28-24(21-13-17(4)16(3)12-19(21)14-25-28)18(5)26-27(23(24)30)20-9-7-6-8-10-20/h6-14H,1-5H3. The molecule has 2 aliphatic heterocycles. The van der Waals surface area contributed by atoms with Gasteiger partial charge in [0.25, 0.3) is 11.8 Å². The van der Waals surface area contributed by atoms with Crippen LogP contribution in [0.3, 0.4) is 0 Å². The molecule has 1 spiro atoms. The van der Waals surface area contributed by atoms with Gasteiger partial charge in [0.15, 0.2) is 0 Å². The fraction of sp³-hybridized carbons (Fsp3) is 0.250.